The fourth-order valence-electron chi connectivity index (χ4n) is 0.412. The Hall–Kier alpha value is 0.400. The third-order valence-corrected chi connectivity index (χ3v) is 2.21. The van der Waals surface area contributed by atoms with E-state index < -0.39 is 0 Å². The molecular weight excluding hydrogens is 227 g/mol. The second-order valence-corrected chi connectivity index (χ2v) is 3.96. The van der Waals surface area contributed by atoms with E-state index in [2.05, 4.69) is 22.6 Å². The first kappa shape index (κ1) is 9.40. The van der Waals surface area contributed by atoms with Gasteiger partial charge in [-0.1, -0.05) is 36.4 Å². The molecule has 0 saturated carbocycles. The SMILES string of the molecule is CC(=O)C(C)(C)CCI. The quantitative estimate of drug-likeness (QED) is 0.547. The van der Waals surface area contributed by atoms with Crippen molar-refractivity contribution in [2.24, 2.45) is 5.41 Å². The number of Topliss-reactive ketones (excluding diaryl/α,β-unsaturated/α-hetero) is 1. The molecule has 0 bridgehead atoms. The lowest BCUT2D eigenvalue weighted by Gasteiger charge is -2.18. The molecule has 0 aliphatic carbocycles. The molecule has 0 aliphatic rings. The van der Waals surface area contributed by atoms with E-state index in [0.29, 0.717) is 5.78 Å². The van der Waals surface area contributed by atoms with Gasteiger partial charge in [0.15, 0.2) is 0 Å². The number of ketones is 1. The molecule has 0 amide bonds. The fraction of sp³-hybridized carbons (Fsp3) is 0.857. The van der Waals surface area contributed by atoms with Crippen LogP contribution in [0.2, 0.25) is 0 Å². The minimum absolute atomic E-state index is 0.0960. The second kappa shape index (κ2) is 3.54. The Balaban J connectivity index is 3.85. The smallest absolute Gasteiger partial charge is 0.135 e. The Morgan fingerprint density at radius 1 is 1.56 bits per heavy atom. The summed E-state index contributed by atoms with van der Waals surface area (Å²) >= 11 is 2.29. The van der Waals surface area contributed by atoms with E-state index in [1.54, 1.807) is 6.92 Å². The minimum Gasteiger partial charge on any atom is -0.299 e. The molecule has 0 unspecified atom stereocenters. The number of hydrogen-bond acceptors (Lipinski definition) is 1. The lowest BCUT2D eigenvalue weighted by atomic mass is 9.86. The number of halogens is 1. The zero-order chi connectivity index (χ0) is 7.49. The lowest BCUT2D eigenvalue weighted by Crippen LogP contribution is -2.21. The summed E-state index contributed by atoms with van der Waals surface area (Å²) in [5, 5.41) is 0. The molecule has 0 fully saturated rings. The third-order valence-electron chi connectivity index (χ3n) is 1.67. The largest absolute Gasteiger partial charge is 0.299 e. The summed E-state index contributed by atoms with van der Waals surface area (Å²) in [4.78, 5) is 10.9. The number of carbonyl (C=O) groups excluding carboxylic acids is 1. The third kappa shape index (κ3) is 3.18. The first-order chi connectivity index (χ1) is 4.00. The average molecular weight is 240 g/mol. The summed E-state index contributed by atoms with van der Waals surface area (Å²) in [5.74, 6) is 0.291. The zero-order valence-electron chi connectivity index (χ0n) is 6.20. The monoisotopic (exact) mass is 240 g/mol. The van der Waals surface area contributed by atoms with Crippen molar-refractivity contribution in [3.8, 4) is 0 Å². The van der Waals surface area contributed by atoms with Crippen molar-refractivity contribution in [2.75, 3.05) is 4.43 Å². The van der Waals surface area contributed by atoms with Gasteiger partial charge in [-0.3, -0.25) is 4.79 Å². The molecule has 1 nitrogen and oxygen atoms in total. The summed E-state index contributed by atoms with van der Waals surface area (Å²) < 4.78 is 1.06. The van der Waals surface area contributed by atoms with Crippen LogP contribution in [0.5, 0.6) is 0 Å². The van der Waals surface area contributed by atoms with Gasteiger partial charge in [-0.15, -0.1) is 0 Å². The molecule has 0 aromatic rings. The summed E-state index contributed by atoms with van der Waals surface area (Å²) in [7, 11) is 0. The Bertz CT molecular complexity index is 107. The van der Waals surface area contributed by atoms with Crippen molar-refractivity contribution < 1.29 is 4.79 Å². The molecule has 2 heteroatoms. The van der Waals surface area contributed by atoms with Gasteiger partial charge in [0.2, 0.25) is 0 Å². The Morgan fingerprint density at radius 3 is 2.11 bits per heavy atom. The number of hydrogen-bond donors (Lipinski definition) is 0. The highest BCUT2D eigenvalue weighted by Crippen LogP contribution is 2.21. The van der Waals surface area contributed by atoms with Gasteiger partial charge in [-0.05, 0) is 13.3 Å². The summed E-state index contributed by atoms with van der Waals surface area (Å²) in [6, 6.07) is 0. The maximum Gasteiger partial charge on any atom is 0.135 e. The van der Waals surface area contributed by atoms with Crippen molar-refractivity contribution >= 4 is 28.4 Å². The molecule has 0 aliphatic heterocycles. The second-order valence-electron chi connectivity index (χ2n) is 2.88. The van der Waals surface area contributed by atoms with Crippen LogP contribution in [-0.4, -0.2) is 10.2 Å². The Morgan fingerprint density at radius 2 is 2.00 bits per heavy atom. The van der Waals surface area contributed by atoms with Crippen LogP contribution in [0.25, 0.3) is 0 Å². The average Bonchev–Trinajstić information content (AvgIpc) is 1.65. The molecule has 0 N–H and O–H groups in total. The van der Waals surface area contributed by atoms with Gasteiger partial charge < -0.3 is 0 Å². The van der Waals surface area contributed by atoms with Crippen LogP contribution < -0.4 is 0 Å². The lowest BCUT2D eigenvalue weighted by molar-refractivity contribution is -0.124. The molecule has 0 aromatic heterocycles. The van der Waals surface area contributed by atoms with Gasteiger partial charge in [0.25, 0.3) is 0 Å². The highest BCUT2D eigenvalue weighted by atomic mass is 127. The molecule has 0 heterocycles. The number of alkyl halides is 1. The van der Waals surface area contributed by atoms with E-state index in [9.17, 15) is 4.79 Å². The standard InChI is InChI=1S/C7H13IO/c1-6(9)7(2,3)4-5-8/h4-5H2,1-3H3. The molecule has 0 radical (unpaired) electrons. The maximum atomic E-state index is 10.9. The summed E-state index contributed by atoms with van der Waals surface area (Å²) in [6.45, 7) is 5.65. The predicted molar refractivity (Wildman–Crippen MR) is 48.0 cm³/mol. The van der Waals surface area contributed by atoms with E-state index in [-0.39, 0.29) is 5.41 Å². The zero-order valence-corrected chi connectivity index (χ0v) is 8.36. The van der Waals surface area contributed by atoms with Crippen molar-refractivity contribution in [2.45, 2.75) is 27.2 Å². The van der Waals surface area contributed by atoms with Crippen LogP contribution in [0.15, 0.2) is 0 Å². The maximum absolute atomic E-state index is 10.9. The van der Waals surface area contributed by atoms with Gasteiger partial charge in [0.1, 0.15) is 5.78 Å². The molecule has 9 heavy (non-hydrogen) atoms. The van der Waals surface area contributed by atoms with Crippen molar-refractivity contribution in [3.05, 3.63) is 0 Å². The molecular formula is C7H13IO. The molecule has 0 aromatic carbocycles. The van der Waals surface area contributed by atoms with Gasteiger partial charge >= 0.3 is 0 Å². The number of rotatable bonds is 3. The normalized spacial score (nSPS) is 11.6. The first-order valence-electron chi connectivity index (χ1n) is 3.07. The number of carbonyl (C=O) groups is 1. The molecule has 0 saturated heterocycles. The topological polar surface area (TPSA) is 17.1 Å². The summed E-state index contributed by atoms with van der Waals surface area (Å²) in [5.41, 5.74) is -0.0960. The highest BCUT2D eigenvalue weighted by molar-refractivity contribution is 14.1. The van der Waals surface area contributed by atoms with Gasteiger partial charge in [-0.25, -0.2) is 0 Å². The van der Waals surface area contributed by atoms with Gasteiger partial charge in [0.05, 0.1) is 0 Å². The van der Waals surface area contributed by atoms with Crippen molar-refractivity contribution in [3.63, 3.8) is 0 Å². The molecule has 0 atom stereocenters. The minimum atomic E-state index is -0.0960. The van der Waals surface area contributed by atoms with E-state index in [1.165, 1.54) is 0 Å². The van der Waals surface area contributed by atoms with Gasteiger partial charge in [-0.2, -0.15) is 0 Å². The fourth-order valence-corrected chi connectivity index (χ4v) is 1.76. The van der Waals surface area contributed by atoms with Crippen LogP contribution in [0.1, 0.15) is 27.2 Å². The van der Waals surface area contributed by atoms with E-state index in [1.807, 2.05) is 13.8 Å². The highest BCUT2D eigenvalue weighted by Gasteiger charge is 2.21. The van der Waals surface area contributed by atoms with Crippen LogP contribution in [0, 0.1) is 5.41 Å². The molecule has 0 rings (SSSR count). The Kier molecular flexibility index (Phi) is 3.70. The van der Waals surface area contributed by atoms with Crippen LogP contribution >= 0.6 is 22.6 Å². The summed E-state index contributed by atoms with van der Waals surface area (Å²) in [6.07, 6.45) is 0.989. The van der Waals surface area contributed by atoms with Gasteiger partial charge in [0, 0.05) is 9.84 Å². The molecule has 0 spiro atoms. The predicted octanol–water partition coefficient (Wildman–Crippen LogP) is 2.43. The Labute approximate surface area is 70.4 Å². The van der Waals surface area contributed by atoms with Crippen LogP contribution in [0.4, 0.5) is 0 Å². The van der Waals surface area contributed by atoms with Crippen LogP contribution in [-0.2, 0) is 4.79 Å². The van der Waals surface area contributed by atoms with Crippen molar-refractivity contribution in [1.29, 1.82) is 0 Å². The van der Waals surface area contributed by atoms with Crippen LogP contribution in [0.3, 0.4) is 0 Å². The molecule has 54 valence electrons. The van der Waals surface area contributed by atoms with E-state index in [4.69, 9.17) is 0 Å². The first-order valence-corrected chi connectivity index (χ1v) is 4.60. The van der Waals surface area contributed by atoms with E-state index in [0.717, 1.165) is 10.8 Å². The van der Waals surface area contributed by atoms with E-state index >= 15 is 0 Å². The van der Waals surface area contributed by atoms with Crippen molar-refractivity contribution in [1.82, 2.24) is 0 Å².